The molecule has 1 aliphatic carbocycles. The highest BCUT2D eigenvalue weighted by atomic mass is 32.2. The Morgan fingerprint density at radius 3 is 2.41 bits per heavy atom. The minimum Gasteiger partial charge on any atom is -0.378 e. The predicted molar refractivity (Wildman–Crippen MR) is 60.1 cm³/mol. The van der Waals surface area contributed by atoms with E-state index in [1.807, 2.05) is 0 Å². The van der Waals surface area contributed by atoms with Crippen LogP contribution in [-0.4, -0.2) is 55.3 Å². The summed E-state index contributed by atoms with van der Waals surface area (Å²) in [6.07, 6.45) is 1.16. The summed E-state index contributed by atoms with van der Waals surface area (Å²) in [4.78, 5) is 13.8. The lowest BCUT2D eigenvalue weighted by Crippen LogP contribution is -2.43. The lowest BCUT2D eigenvalue weighted by atomic mass is 10.1. The monoisotopic (exact) mass is 263 g/mol. The molecule has 7 heteroatoms. The lowest BCUT2D eigenvalue weighted by molar-refractivity contribution is -0.139. The molecule has 0 aromatic carbocycles. The van der Waals surface area contributed by atoms with Gasteiger partial charge in [-0.3, -0.25) is 9.35 Å². The van der Waals surface area contributed by atoms with Crippen molar-refractivity contribution in [2.24, 2.45) is 5.92 Å². The zero-order valence-corrected chi connectivity index (χ0v) is 10.4. The van der Waals surface area contributed by atoms with Crippen LogP contribution in [0.4, 0.5) is 0 Å². The Bertz CT molecular complexity index is 388. The van der Waals surface area contributed by atoms with E-state index in [2.05, 4.69) is 0 Å². The summed E-state index contributed by atoms with van der Waals surface area (Å²) in [5.74, 6) is -0.264. The van der Waals surface area contributed by atoms with Crippen LogP contribution >= 0.6 is 0 Å². The van der Waals surface area contributed by atoms with Crippen LogP contribution in [0.15, 0.2) is 0 Å². The standard InChI is InChI=1S/C10H17NO5S/c12-10(11-3-5-16-6-4-11)8-1-2-9(7-8)17(13,14)15/h8-9H,1-7H2,(H,13,14,15)/t8-,9+/m0/s1. The Morgan fingerprint density at radius 2 is 1.88 bits per heavy atom. The molecule has 0 unspecified atom stereocenters. The fraction of sp³-hybridized carbons (Fsp3) is 0.900. The van der Waals surface area contributed by atoms with Gasteiger partial charge in [0.05, 0.1) is 18.5 Å². The average molecular weight is 263 g/mol. The van der Waals surface area contributed by atoms with Crippen molar-refractivity contribution < 1.29 is 22.5 Å². The molecule has 0 aromatic rings. The van der Waals surface area contributed by atoms with Crippen LogP contribution in [0, 0.1) is 5.92 Å². The molecule has 0 aromatic heterocycles. The molecule has 0 bridgehead atoms. The van der Waals surface area contributed by atoms with E-state index in [0.29, 0.717) is 39.1 Å². The van der Waals surface area contributed by atoms with Crippen molar-refractivity contribution in [1.29, 1.82) is 0 Å². The first-order valence-corrected chi connectivity index (χ1v) is 7.31. The minimum absolute atomic E-state index is 0.000509. The highest BCUT2D eigenvalue weighted by Gasteiger charge is 2.38. The lowest BCUT2D eigenvalue weighted by Gasteiger charge is -2.29. The SMILES string of the molecule is O=C([C@H]1CC[C@@H](S(=O)(=O)O)C1)N1CCOCC1. The molecule has 2 rings (SSSR count). The normalized spacial score (nSPS) is 30.5. The zero-order valence-electron chi connectivity index (χ0n) is 9.54. The quantitative estimate of drug-likeness (QED) is 0.703. The second-order valence-corrected chi connectivity index (χ2v) is 6.28. The summed E-state index contributed by atoms with van der Waals surface area (Å²) in [5.41, 5.74) is 0. The van der Waals surface area contributed by atoms with Gasteiger partial charge < -0.3 is 9.64 Å². The fourth-order valence-corrected chi connectivity index (χ4v) is 3.39. The van der Waals surface area contributed by atoms with Crippen molar-refractivity contribution in [3.63, 3.8) is 0 Å². The van der Waals surface area contributed by atoms with Gasteiger partial charge in [0.25, 0.3) is 10.1 Å². The maximum Gasteiger partial charge on any atom is 0.267 e. The van der Waals surface area contributed by atoms with Gasteiger partial charge in [-0.15, -0.1) is 0 Å². The molecule has 2 fully saturated rings. The molecule has 1 heterocycles. The van der Waals surface area contributed by atoms with Crippen LogP contribution in [-0.2, 0) is 19.6 Å². The van der Waals surface area contributed by atoms with Gasteiger partial charge in [0, 0.05) is 19.0 Å². The third-order valence-electron chi connectivity index (χ3n) is 3.48. The summed E-state index contributed by atoms with van der Waals surface area (Å²) in [6, 6.07) is 0. The van der Waals surface area contributed by atoms with Crippen molar-refractivity contribution in [2.45, 2.75) is 24.5 Å². The van der Waals surface area contributed by atoms with Crippen LogP contribution in [0.5, 0.6) is 0 Å². The Kier molecular flexibility index (Phi) is 3.70. The Balaban J connectivity index is 1.93. The van der Waals surface area contributed by atoms with Gasteiger partial charge >= 0.3 is 0 Å². The van der Waals surface area contributed by atoms with Gasteiger partial charge in [-0.2, -0.15) is 8.42 Å². The minimum atomic E-state index is -4.00. The molecular formula is C10H17NO5S. The van der Waals surface area contributed by atoms with E-state index in [1.54, 1.807) is 4.90 Å². The summed E-state index contributed by atoms with van der Waals surface area (Å²) in [6.45, 7) is 2.23. The van der Waals surface area contributed by atoms with Crippen LogP contribution < -0.4 is 0 Å². The summed E-state index contributed by atoms with van der Waals surface area (Å²) in [5, 5.41) is -0.766. The molecule has 1 saturated heterocycles. The third kappa shape index (κ3) is 2.97. The summed E-state index contributed by atoms with van der Waals surface area (Å²) >= 11 is 0. The number of ether oxygens (including phenoxy) is 1. The number of morpholine rings is 1. The fourth-order valence-electron chi connectivity index (χ4n) is 2.48. The van der Waals surface area contributed by atoms with Gasteiger partial charge in [0.1, 0.15) is 0 Å². The molecule has 6 nitrogen and oxygen atoms in total. The van der Waals surface area contributed by atoms with E-state index >= 15 is 0 Å². The number of hydrogen-bond donors (Lipinski definition) is 1. The van der Waals surface area contributed by atoms with E-state index in [4.69, 9.17) is 9.29 Å². The number of nitrogens with zero attached hydrogens (tertiary/aromatic N) is 1. The van der Waals surface area contributed by atoms with Crippen molar-refractivity contribution in [3.8, 4) is 0 Å². The predicted octanol–water partition coefficient (Wildman–Crippen LogP) is -0.0983. The van der Waals surface area contributed by atoms with Crippen LogP contribution in [0.25, 0.3) is 0 Å². The molecule has 1 saturated carbocycles. The Morgan fingerprint density at radius 1 is 1.24 bits per heavy atom. The van der Waals surface area contributed by atoms with E-state index in [0.717, 1.165) is 0 Å². The van der Waals surface area contributed by atoms with E-state index in [1.165, 1.54) is 0 Å². The van der Waals surface area contributed by atoms with Gasteiger partial charge in [-0.25, -0.2) is 0 Å². The summed E-state index contributed by atoms with van der Waals surface area (Å²) < 4.78 is 36.1. The molecule has 1 amide bonds. The highest BCUT2D eigenvalue weighted by molar-refractivity contribution is 7.86. The zero-order chi connectivity index (χ0) is 12.5. The molecule has 2 aliphatic rings. The molecule has 17 heavy (non-hydrogen) atoms. The maximum absolute atomic E-state index is 12.1. The number of amides is 1. The Labute approximate surface area is 101 Å². The van der Waals surface area contributed by atoms with Crippen molar-refractivity contribution in [1.82, 2.24) is 4.90 Å². The van der Waals surface area contributed by atoms with Crippen LogP contribution in [0.1, 0.15) is 19.3 Å². The van der Waals surface area contributed by atoms with Crippen LogP contribution in [0.2, 0.25) is 0 Å². The van der Waals surface area contributed by atoms with E-state index < -0.39 is 15.4 Å². The first kappa shape index (κ1) is 12.8. The first-order valence-electron chi connectivity index (χ1n) is 5.81. The topological polar surface area (TPSA) is 83.9 Å². The highest BCUT2D eigenvalue weighted by Crippen LogP contribution is 2.31. The second kappa shape index (κ2) is 4.91. The average Bonchev–Trinajstić information content (AvgIpc) is 2.78. The maximum atomic E-state index is 12.1. The first-order chi connectivity index (χ1) is 7.98. The van der Waals surface area contributed by atoms with Gasteiger partial charge in [-0.05, 0) is 19.3 Å². The van der Waals surface area contributed by atoms with Gasteiger partial charge in [0.2, 0.25) is 5.91 Å². The number of carbonyl (C=O) groups excluding carboxylic acids is 1. The largest absolute Gasteiger partial charge is 0.378 e. The smallest absolute Gasteiger partial charge is 0.267 e. The third-order valence-corrected chi connectivity index (χ3v) is 4.75. The second-order valence-electron chi connectivity index (χ2n) is 4.58. The molecule has 1 aliphatic heterocycles. The van der Waals surface area contributed by atoms with Crippen molar-refractivity contribution in [3.05, 3.63) is 0 Å². The van der Waals surface area contributed by atoms with E-state index in [-0.39, 0.29) is 18.2 Å². The van der Waals surface area contributed by atoms with Gasteiger partial charge in [-0.1, -0.05) is 0 Å². The molecule has 98 valence electrons. The van der Waals surface area contributed by atoms with Gasteiger partial charge in [0.15, 0.2) is 0 Å². The Hall–Kier alpha value is -0.660. The molecule has 1 N–H and O–H groups in total. The van der Waals surface area contributed by atoms with Crippen molar-refractivity contribution in [2.75, 3.05) is 26.3 Å². The van der Waals surface area contributed by atoms with E-state index in [9.17, 15) is 13.2 Å². The number of carbonyl (C=O) groups is 1. The molecule has 0 spiro atoms. The van der Waals surface area contributed by atoms with Crippen molar-refractivity contribution >= 4 is 16.0 Å². The van der Waals surface area contributed by atoms with Crippen LogP contribution in [0.3, 0.4) is 0 Å². The molecule has 0 radical (unpaired) electrons. The molecule has 2 atom stereocenters. The summed E-state index contributed by atoms with van der Waals surface area (Å²) in [7, 11) is -4.00. The molecular weight excluding hydrogens is 246 g/mol. The number of rotatable bonds is 2. The number of hydrogen-bond acceptors (Lipinski definition) is 4.